The number of nitrogens with zero attached hydrogens (tertiary/aromatic N) is 9. The molecule has 9 rings (SSSR count). The minimum absolute atomic E-state index is 0.106. The lowest BCUT2D eigenvalue weighted by Gasteiger charge is -2.32. The van der Waals surface area contributed by atoms with Crippen LogP contribution in [0.3, 0.4) is 0 Å². The summed E-state index contributed by atoms with van der Waals surface area (Å²) in [5.74, 6) is 0.685. The number of halogens is 2. The van der Waals surface area contributed by atoms with E-state index in [1.807, 2.05) is 58.2 Å². The number of hydrogen-bond donors (Lipinski definition) is 1. The highest BCUT2D eigenvalue weighted by molar-refractivity contribution is 6.31. The van der Waals surface area contributed by atoms with Crippen LogP contribution < -0.4 is 25.4 Å². The molecule has 0 radical (unpaired) electrons. The SMILES string of the molecule is COc1ncc(C(=O)N2CCC(CCc3cccn4c(N5CCC(=O)NC5=O)cnc34)CC2)cc1-c1nc2c(n1C(C)C)C(c1ccc(Cl)cc1)N(c1cc(Cl)cn(C)c1=O)C2=O. The Labute approximate surface area is 372 Å². The first kappa shape index (κ1) is 41.8. The number of aromatic nitrogens is 6. The van der Waals surface area contributed by atoms with Gasteiger partial charge in [0, 0.05) is 62.8 Å². The number of likely N-dealkylation sites (tertiary alicyclic amines) is 1. The number of rotatable bonds is 10. The molecule has 2 fully saturated rings. The summed E-state index contributed by atoms with van der Waals surface area (Å²) >= 11 is 12.8. The number of urea groups is 1. The van der Waals surface area contributed by atoms with Gasteiger partial charge in [-0.1, -0.05) is 41.4 Å². The molecule has 3 aliphatic heterocycles. The highest BCUT2D eigenvalue weighted by Gasteiger charge is 2.46. The fourth-order valence-electron chi connectivity index (χ4n) is 9.05. The van der Waals surface area contributed by atoms with Crippen LogP contribution in [0.2, 0.25) is 10.0 Å². The standard InChI is InChI=1S/C45H44Cl2N10O6/c1-25(2)56-38-36(44(61)57(33-21-31(47)24-52(3)43(33)60)37(38)27-9-11-30(46)12-10-27)51-40(56)32-20-29(22-49-41(32)63-4)42(59)53-17-13-26(14-18-53)7-8-28-6-5-16-54-35(23-48-39(28)54)55-19-15-34(58)50-45(55)62/h5-6,9-12,16,20-26,37H,7-8,13-15,17-19H2,1-4H3,(H,50,58,62). The summed E-state index contributed by atoms with van der Waals surface area (Å²) in [5.41, 5.74) is 3.75. The maximum Gasteiger partial charge on any atom is 0.329 e. The highest BCUT2D eigenvalue weighted by atomic mass is 35.5. The lowest BCUT2D eigenvalue weighted by molar-refractivity contribution is -0.120. The van der Waals surface area contributed by atoms with E-state index in [0.29, 0.717) is 69.6 Å². The van der Waals surface area contributed by atoms with Crippen molar-refractivity contribution in [1.29, 1.82) is 0 Å². The molecule has 18 heteroatoms. The van der Waals surface area contributed by atoms with Gasteiger partial charge in [-0.2, -0.15) is 0 Å². The van der Waals surface area contributed by atoms with E-state index in [2.05, 4.69) is 15.3 Å². The topological polar surface area (TPSA) is 169 Å². The van der Waals surface area contributed by atoms with E-state index in [0.717, 1.165) is 36.9 Å². The number of imide groups is 1. The van der Waals surface area contributed by atoms with Crippen molar-refractivity contribution in [3.63, 3.8) is 0 Å². The number of pyridine rings is 3. The van der Waals surface area contributed by atoms with Crippen LogP contribution in [-0.2, 0) is 18.3 Å². The van der Waals surface area contributed by atoms with Crippen LogP contribution in [0.5, 0.6) is 5.88 Å². The lowest BCUT2D eigenvalue weighted by atomic mass is 9.90. The van der Waals surface area contributed by atoms with Crippen molar-refractivity contribution >= 4 is 64.1 Å². The monoisotopic (exact) mass is 890 g/mol. The largest absolute Gasteiger partial charge is 0.480 e. The van der Waals surface area contributed by atoms with Crippen LogP contribution >= 0.6 is 23.2 Å². The number of aryl methyl sites for hydroxylation is 2. The maximum absolute atomic E-state index is 14.6. The highest BCUT2D eigenvalue weighted by Crippen LogP contribution is 2.45. The van der Waals surface area contributed by atoms with E-state index >= 15 is 0 Å². The van der Waals surface area contributed by atoms with Crippen molar-refractivity contribution in [3.05, 3.63) is 122 Å². The number of carbonyl (C=O) groups is 4. The van der Waals surface area contributed by atoms with Gasteiger partial charge >= 0.3 is 6.03 Å². The first-order valence-corrected chi connectivity index (χ1v) is 21.6. The van der Waals surface area contributed by atoms with Gasteiger partial charge in [0.15, 0.2) is 5.69 Å². The molecule has 3 aliphatic rings. The third-order valence-corrected chi connectivity index (χ3v) is 12.6. The first-order chi connectivity index (χ1) is 30.3. The van der Waals surface area contributed by atoms with Gasteiger partial charge in [-0.3, -0.25) is 38.7 Å². The zero-order chi connectivity index (χ0) is 44.3. The zero-order valence-electron chi connectivity index (χ0n) is 35.0. The molecular formula is C45H44Cl2N10O6. The smallest absolute Gasteiger partial charge is 0.329 e. The van der Waals surface area contributed by atoms with Gasteiger partial charge < -0.3 is 18.8 Å². The molecule has 5 amide bonds. The molecule has 2 saturated heterocycles. The molecule has 1 unspecified atom stereocenters. The number of hydrogen-bond acceptors (Lipinski definition) is 9. The number of fused-ring (bicyclic) bond motifs is 2. The van der Waals surface area contributed by atoms with Crippen LogP contribution in [0.4, 0.5) is 16.3 Å². The fourth-order valence-corrected chi connectivity index (χ4v) is 9.43. The van der Waals surface area contributed by atoms with Crippen molar-refractivity contribution in [2.45, 2.75) is 58.0 Å². The molecule has 0 bridgehead atoms. The predicted octanol–water partition coefficient (Wildman–Crippen LogP) is 6.87. The third kappa shape index (κ3) is 7.50. The fraction of sp³-hybridized carbons (Fsp3) is 0.333. The summed E-state index contributed by atoms with van der Waals surface area (Å²) in [6, 6.07) is 12.8. The average molecular weight is 892 g/mol. The molecule has 6 aromatic rings. The molecule has 0 saturated carbocycles. The summed E-state index contributed by atoms with van der Waals surface area (Å²) in [5, 5.41) is 3.18. The van der Waals surface area contributed by atoms with E-state index in [1.165, 1.54) is 39.9 Å². The van der Waals surface area contributed by atoms with Crippen LogP contribution in [-0.4, -0.2) is 83.9 Å². The number of anilines is 2. The zero-order valence-corrected chi connectivity index (χ0v) is 36.6. The maximum atomic E-state index is 14.6. The minimum Gasteiger partial charge on any atom is -0.480 e. The average Bonchev–Trinajstić information content (AvgIpc) is 3.96. The van der Waals surface area contributed by atoms with Gasteiger partial charge in [0.25, 0.3) is 17.4 Å². The molecular weight excluding hydrogens is 847 g/mol. The van der Waals surface area contributed by atoms with E-state index in [4.69, 9.17) is 32.9 Å². The van der Waals surface area contributed by atoms with Crippen molar-refractivity contribution in [1.82, 2.24) is 38.7 Å². The number of imidazole rings is 2. The molecule has 63 heavy (non-hydrogen) atoms. The van der Waals surface area contributed by atoms with Crippen LogP contribution in [0.25, 0.3) is 17.0 Å². The molecule has 0 aliphatic carbocycles. The molecule has 5 aromatic heterocycles. The summed E-state index contributed by atoms with van der Waals surface area (Å²) in [6.45, 7) is 5.37. The second-order valence-electron chi connectivity index (χ2n) is 16.4. The van der Waals surface area contributed by atoms with Crippen molar-refractivity contribution in [2.75, 3.05) is 36.5 Å². The second kappa shape index (κ2) is 16.6. The molecule has 1 N–H and O–H groups in total. The summed E-state index contributed by atoms with van der Waals surface area (Å²) in [7, 11) is 3.07. The number of amides is 5. The van der Waals surface area contributed by atoms with Crippen molar-refractivity contribution < 1.29 is 23.9 Å². The Kier molecular flexibility index (Phi) is 11.0. The molecule has 1 aromatic carbocycles. The third-order valence-electron chi connectivity index (χ3n) is 12.2. The minimum atomic E-state index is -0.773. The quantitative estimate of drug-likeness (QED) is 0.154. The molecule has 1 atom stereocenters. The second-order valence-corrected chi connectivity index (χ2v) is 17.2. The van der Waals surface area contributed by atoms with Gasteiger partial charge in [-0.05, 0) is 86.9 Å². The van der Waals surface area contributed by atoms with E-state index in [9.17, 15) is 24.0 Å². The Balaban J connectivity index is 0.959. The Morgan fingerprint density at radius 2 is 1.73 bits per heavy atom. The molecule has 16 nitrogen and oxygen atoms in total. The number of methoxy groups -OCH3 is 1. The van der Waals surface area contributed by atoms with Gasteiger partial charge in [0.05, 0.1) is 35.2 Å². The summed E-state index contributed by atoms with van der Waals surface area (Å²) in [6.07, 6.45) is 10.1. The normalized spacial score (nSPS) is 17.0. The van der Waals surface area contributed by atoms with E-state index in [-0.39, 0.29) is 41.5 Å². The summed E-state index contributed by atoms with van der Waals surface area (Å²) < 4.78 is 10.9. The van der Waals surface area contributed by atoms with Gasteiger partial charge in [-0.15, -0.1) is 0 Å². The number of carbonyl (C=O) groups excluding carboxylic acids is 4. The van der Waals surface area contributed by atoms with E-state index in [1.54, 1.807) is 31.4 Å². The van der Waals surface area contributed by atoms with Crippen LogP contribution in [0.1, 0.15) is 89.3 Å². The Morgan fingerprint density at radius 1 is 0.968 bits per heavy atom. The van der Waals surface area contributed by atoms with Crippen LogP contribution in [0, 0.1) is 5.92 Å². The molecule has 8 heterocycles. The van der Waals surface area contributed by atoms with Gasteiger partial charge in [-0.25, -0.2) is 19.7 Å². The van der Waals surface area contributed by atoms with Gasteiger partial charge in [0.1, 0.15) is 29.0 Å². The number of nitrogens with one attached hydrogen (secondary N) is 1. The van der Waals surface area contributed by atoms with Crippen LogP contribution in [0.15, 0.2) is 78.1 Å². The predicted molar refractivity (Wildman–Crippen MR) is 237 cm³/mol. The van der Waals surface area contributed by atoms with Gasteiger partial charge in [0.2, 0.25) is 11.8 Å². The number of benzene rings is 1. The number of ether oxygens (including phenoxy) is 1. The number of piperidine rings is 1. The molecule has 0 spiro atoms. The first-order valence-electron chi connectivity index (χ1n) is 20.8. The van der Waals surface area contributed by atoms with Crippen molar-refractivity contribution in [2.24, 2.45) is 13.0 Å². The molecule has 324 valence electrons. The Bertz CT molecular complexity index is 2880. The van der Waals surface area contributed by atoms with Crippen molar-refractivity contribution in [3.8, 4) is 17.3 Å². The Morgan fingerprint density at radius 3 is 2.44 bits per heavy atom. The lowest BCUT2D eigenvalue weighted by Crippen LogP contribution is -2.50. The van der Waals surface area contributed by atoms with E-state index < -0.39 is 23.5 Å². The Hall–Kier alpha value is -6.52. The summed E-state index contributed by atoms with van der Waals surface area (Å²) in [4.78, 5) is 85.6.